The first-order chi connectivity index (χ1) is 11.5. The number of aromatic nitrogens is 1. The summed E-state index contributed by atoms with van der Waals surface area (Å²) in [6.07, 6.45) is 1.53. The summed E-state index contributed by atoms with van der Waals surface area (Å²) in [4.78, 5) is 4.01. The van der Waals surface area contributed by atoms with E-state index in [1.54, 1.807) is 19.2 Å². The maximum Gasteiger partial charge on any atom is 0.203 e. The van der Waals surface area contributed by atoms with E-state index in [0.717, 1.165) is 0 Å². The van der Waals surface area contributed by atoms with Crippen LogP contribution in [0, 0.1) is 0 Å². The number of nitrogens with one attached hydrogen (secondary N) is 1. The molecule has 128 valence electrons. The molecule has 1 N–H and O–H groups in total. The molecular weight excluding hydrogens is 377 g/mol. The van der Waals surface area contributed by atoms with Crippen LogP contribution in [-0.2, 0) is 0 Å². The average molecular weight is 391 g/mol. The maximum absolute atomic E-state index is 6.03. The van der Waals surface area contributed by atoms with Crippen molar-refractivity contribution in [3.05, 3.63) is 39.0 Å². The van der Waals surface area contributed by atoms with E-state index in [4.69, 9.17) is 49.0 Å². The highest BCUT2D eigenvalue weighted by Gasteiger charge is 2.14. The number of hydrogen-bond donors (Lipinski definition) is 1. The van der Waals surface area contributed by atoms with Crippen LogP contribution in [-0.4, -0.2) is 32.5 Å². The van der Waals surface area contributed by atoms with Crippen molar-refractivity contribution < 1.29 is 14.2 Å². The summed E-state index contributed by atoms with van der Waals surface area (Å²) in [7, 11) is 4.60. The van der Waals surface area contributed by atoms with Crippen molar-refractivity contribution in [2.75, 3.05) is 26.8 Å². The van der Waals surface area contributed by atoms with Gasteiger partial charge in [0.1, 0.15) is 5.15 Å². The van der Waals surface area contributed by atoms with Crippen LogP contribution in [0.5, 0.6) is 17.2 Å². The SMILES string of the molecule is COc1ccc(C=NNc2nc(Cl)c(Cl)cc2Cl)c(OC)c1OC. The molecule has 0 unspecified atom stereocenters. The van der Waals surface area contributed by atoms with Gasteiger partial charge in [0.15, 0.2) is 17.3 Å². The molecule has 0 fully saturated rings. The molecule has 2 aromatic rings. The Morgan fingerprint density at radius 3 is 2.33 bits per heavy atom. The molecule has 0 aliphatic heterocycles. The molecule has 0 aliphatic rings. The molecule has 24 heavy (non-hydrogen) atoms. The van der Waals surface area contributed by atoms with Crippen LogP contribution >= 0.6 is 34.8 Å². The van der Waals surface area contributed by atoms with Gasteiger partial charge in [-0.25, -0.2) is 4.98 Å². The van der Waals surface area contributed by atoms with Gasteiger partial charge in [-0.05, 0) is 18.2 Å². The lowest BCUT2D eigenvalue weighted by atomic mass is 10.2. The molecule has 0 amide bonds. The van der Waals surface area contributed by atoms with Gasteiger partial charge < -0.3 is 14.2 Å². The lowest BCUT2D eigenvalue weighted by Gasteiger charge is -2.13. The molecular formula is C15H14Cl3N3O3. The highest BCUT2D eigenvalue weighted by atomic mass is 35.5. The number of nitrogens with zero attached hydrogens (tertiary/aromatic N) is 2. The second-order valence-electron chi connectivity index (χ2n) is 4.38. The van der Waals surface area contributed by atoms with Crippen molar-refractivity contribution >= 4 is 46.8 Å². The topological polar surface area (TPSA) is 65.0 Å². The Morgan fingerprint density at radius 2 is 1.71 bits per heavy atom. The summed E-state index contributed by atoms with van der Waals surface area (Å²) < 4.78 is 15.9. The molecule has 0 bridgehead atoms. The van der Waals surface area contributed by atoms with Crippen molar-refractivity contribution in [1.29, 1.82) is 0 Å². The van der Waals surface area contributed by atoms with E-state index < -0.39 is 0 Å². The lowest BCUT2D eigenvalue weighted by Crippen LogP contribution is -2.00. The summed E-state index contributed by atoms with van der Waals surface area (Å²) in [5.41, 5.74) is 3.37. The normalized spacial score (nSPS) is 10.8. The number of hydrogen-bond acceptors (Lipinski definition) is 6. The molecule has 9 heteroatoms. The fraction of sp³-hybridized carbons (Fsp3) is 0.200. The second kappa shape index (κ2) is 8.28. The van der Waals surface area contributed by atoms with Crippen LogP contribution in [0.4, 0.5) is 5.82 Å². The van der Waals surface area contributed by atoms with Crippen molar-refractivity contribution in [2.24, 2.45) is 5.10 Å². The van der Waals surface area contributed by atoms with Crippen molar-refractivity contribution in [1.82, 2.24) is 4.98 Å². The third-order valence-electron chi connectivity index (χ3n) is 3.00. The standard InChI is InChI=1S/C15H14Cl3N3O3/c1-22-11-5-4-8(12(23-2)13(11)24-3)7-19-21-15-10(17)6-9(16)14(18)20-15/h4-7H,1-3H3,(H,20,21). The van der Waals surface area contributed by atoms with Crippen molar-refractivity contribution in [2.45, 2.75) is 0 Å². The number of halogens is 3. The van der Waals surface area contributed by atoms with E-state index >= 15 is 0 Å². The quantitative estimate of drug-likeness (QED) is 0.446. The molecule has 1 heterocycles. The molecule has 1 aromatic heterocycles. The number of rotatable bonds is 6. The van der Waals surface area contributed by atoms with Gasteiger partial charge in [0.05, 0.1) is 37.6 Å². The minimum Gasteiger partial charge on any atom is -0.493 e. The zero-order chi connectivity index (χ0) is 17.7. The summed E-state index contributed by atoms with van der Waals surface area (Å²) >= 11 is 17.7. The van der Waals surface area contributed by atoms with Crippen LogP contribution in [0.3, 0.4) is 0 Å². The number of anilines is 1. The molecule has 0 aliphatic carbocycles. The van der Waals surface area contributed by atoms with E-state index in [-0.39, 0.29) is 16.0 Å². The van der Waals surface area contributed by atoms with Crippen LogP contribution in [0.15, 0.2) is 23.3 Å². The number of methoxy groups -OCH3 is 3. The van der Waals surface area contributed by atoms with Gasteiger partial charge in [-0.3, -0.25) is 5.43 Å². The molecule has 0 saturated carbocycles. The Bertz CT molecular complexity index is 769. The van der Waals surface area contributed by atoms with E-state index in [1.165, 1.54) is 26.5 Å². The molecule has 6 nitrogen and oxygen atoms in total. The number of pyridine rings is 1. The van der Waals surface area contributed by atoms with Gasteiger partial charge in [-0.15, -0.1) is 0 Å². The predicted octanol–water partition coefficient (Wildman–Crippen LogP) is 4.51. The van der Waals surface area contributed by atoms with Crippen molar-refractivity contribution in [3.8, 4) is 17.2 Å². The highest BCUT2D eigenvalue weighted by Crippen LogP contribution is 2.39. The van der Waals surface area contributed by atoms with Crippen molar-refractivity contribution in [3.63, 3.8) is 0 Å². The zero-order valence-corrected chi connectivity index (χ0v) is 15.3. The van der Waals surface area contributed by atoms with Gasteiger partial charge >= 0.3 is 0 Å². The summed E-state index contributed by atoms with van der Waals surface area (Å²) in [6.45, 7) is 0. The van der Waals surface area contributed by atoms with Gasteiger partial charge in [0, 0.05) is 5.56 Å². The molecule has 0 spiro atoms. The van der Waals surface area contributed by atoms with E-state index in [9.17, 15) is 0 Å². The zero-order valence-electron chi connectivity index (χ0n) is 13.1. The Labute approximate surface area is 154 Å². The van der Waals surface area contributed by atoms with E-state index in [1.807, 2.05) is 0 Å². The number of benzene rings is 1. The second-order valence-corrected chi connectivity index (χ2v) is 5.56. The van der Waals surface area contributed by atoms with Gasteiger partial charge in [-0.2, -0.15) is 5.10 Å². The minimum absolute atomic E-state index is 0.127. The monoisotopic (exact) mass is 389 g/mol. The van der Waals surface area contributed by atoms with Gasteiger partial charge in [0.2, 0.25) is 5.75 Å². The molecule has 0 atom stereocenters. The highest BCUT2D eigenvalue weighted by molar-refractivity contribution is 6.42. The Morgan fingerprint density at radius 1 is 1.00 bits per heavy atom. The fourth-order valence-electron chi connectivity index (χ4n) is 1.91. The number of hydrazone groups is 1. The molecule has 0 saturated heterocycles. The lowest BCUT2D eigenvalue weighted by molar-refractivity contribution is 0.324. The first kappa shape index (κ1) is 18.4. The first-order valence-corrected chi connectivity index (χ1v) is 7.74. The van der Waals surface area contributed by atoms with Crippen LogP contribution in [0.1, 0.15) is 5.56 Å². The van der Waals surface area contributed by atoms with Crippen LogP contribution in [0.25, 0.3) is 0 Å². The van der Waals surface area contributed by atoms with E-state index in [0.29, 0.717) is 27.8 Å². The average Bonchev–Trinajstić information content (AvgIpc) is 2.58. The summed E-state index contributed by atoms with van der Waals surface area (Å²) in [5, 5.41) is 4.76. The van der Waals surface area contributed by atoms with E-state index in [2.05, 4.69) is 15.5 Å². The maximum atomic E-state index is 6.03. The number of ether oxygens (including phenoxy) is 3. The summed E-state index contributed by atoms with van der Waals surface area (Å²) in [5.74, 6) is 1.78. The Kier molecular flexibility index (Phi) is 6.36. The van der Waals surface area contributed by atoms with Gasteiger partial charge in [-0.1, -0.05) is 34.8 Å². The van der Waals surface area contributed by atoms with Crippen LogP contribution < -0.4 is 19.6 Å². The fourth-order valence-corrected chi connectivity index (χ4v) is 2.45. The first-order valence-electron chi connectivity index (χ1n) is 6.61. The largest absolute Gasteiger partial charge is 0.493 e. The van der Waals surface area contributed by atoms with Crippen LogP contribution in [0.2, 0.25) is 15.2 Å². The predicted molar refractivity (Wildman–Crippen MR) is 96.6 cm³/mol. The molecule has 2 rings (SSSR count). The minimum atomic E-state index is 0.127. The molecule has 1 aromatic carbocycles. The van der Waals surface area contributed by atoms with Gasteiger partial charge in [0.25, 0.3) is 0 Å². The smallest absolute Gasteiger partial charge is 0.203 e. The Balaban J connectivity index is 2.28. The third kappa shape index (κ3) is 3.95. The third-order valence-corrected chi connectivity index (χ3v) is 3.96. The summed E-state index contributed by atoms with van der Waals surface area (Å²) in [6, 6.07) is 5.00. The Hall–Kier alpha value is -1.89. The molecule has 0 radical (unpaired) electrons.